The summed E-state index contributed by atoms with van der Waals surface area (Å²) < 4.78 is 24.1. The highest BCUT2D eigenvalue weighted by Gasteiger charge is 2.35. The molecule has 1 aromatic heterocycles. The van der Waals surface area contributed by atoms with Crippen LogP contribution in [0.1, 0.15) is 36.0 Å². The third-order valence-electron chi connectivity index (χ3n) is 4.61. The van der Waals surface area contributed by atoms with Gasteiger partial charge in [-0.05, 0) is 31.0 Å². The van der Waals surface area contributed by atoms with E-state index < -0.39 is 6.10 Å². The van der Waals surface area contributed by atoms with E-state index in [0.717, 1.165) is 18.4 Å². The number of carbonyl (C=O) groups excluding carboxylic acids is 1. The number of benzene rings is 1. The van der Waals surface area contributed by atoms with Crippen LogP contribution in [-0.2, 0) is 11.2 Å². The monoisotopic (exact) mass is 331 g/mol. The van der Waals surface area contributed by atoms with Gasteiger partial charge in [-0.1, -0.05) is 5.16 Å². The number of hydrogen-bond acceptors (Lipinski definition) is 5. The Morgan fingerprint density at radius 3 is 3.08 bits per heavy atom. The van der Waals surface area contributed by atoms with Crippen LogP contribution in [-0.4, -0.2) is 40.1 Å². The molecule has 7 heteroatoms. The molecule has 0 aliphatic carbocycles. The molecule has 6 nitrogen and oxygen atoms in total. The molecule has 2 atom stereocenters. The van der Waals surface area contributed by atoms with Crippen molar-refractivity contribution < 1.29 is 18.4 Å². The van der Waals surface area contributed by atoms with E-state index in [1.165, 1.54) is 12.1 Å². The van der Waals surface area contributed by atoms with Crippen molar-refractivity contribution in [3.8, 4) is 5.75 Å². The zero-order valence-corrected chi connectivity index (χ0v) is 13.4. The fourth-order valence-corrected chi connectivity index (χ4v) is 3.43. The van der Waals surface area contributed by atoms with Gasteiger partial charge in [-0.3, -0.25) is 4.79 Å². The van der Waals surface area contributed by atoms with E-state index in [1.54, 1.807) is 17.9 Å². The highest BCUT2D eigenvalue weighted by atomic mass is 19.1. The van der Waals surface area contributed by atoms with Gasteiger partial charge in [0.25, 0.3) is 5.91 Å². The summed E-state index contributed by atoms with van der Waals surface area (Å²) in [5.74, 6) is 1.50. The first-order valence-corrected chi connectivity index (χ1v) is 8.14. The van der Waals surface area contributed by atoms with Gasteiger partial charge >= 0.3 is 0 Å². The normalized spacial score (nSPS) is 23.0. The van der Waals surface area contributed by atoms with Crippen molar-refractivity contribution in [2.24, 2.45) is 0 Å². The lowest BCUT2D eigenvalue weighted by molar-refractivity contribution is -0.139. The smallest absolute Gasteiger partial charge is 0.264 e. The molecule has 0 saturated carbocycles. The van der Waals surface area contributed by atoms with Crippen molar-refractivity contribution in [2.75, 3.05) is 13.1 Å². The maximum Gasteiger partial charge on any atom is 0.264 e. The first kappa shape index (κ1) is 15.1. The Bertz CT molecular complexity index is 776. The van der Waals surface area contributed by atoms with Crippen molar-refractivity contribution >= 4 is 5.91 Å². The minimum absolute atomic E-state index is 0.0588. The van der Waals surface area contributed by atoms with E-state index in [9.17, 15) is 9.18 Å². The number of likely N-dealkylation sites (tertiary alicyclic amines) is 1. The molecule has 24 heavy (non-hydrogen) atoms. The summed E-state index contributed by atoms with van der Waals surface area (Å²) in [5.41, 5.74) is 0.746. The quantitative estimate of drug-likeness (QED) is 0.844. The third-order valence-corrected chi connectivity index (χ3v) is 4.61. The number of aryl methyl sites for hydroxylation is 1. The second-order valence-electron chi connectivity index (χ2n) is 6.36. The SMILES string of the molecule is Cc1nc([C@H]2CCCN(C(=O)[C@@H]3Cc4cc(F)ccc4O3)C2)no1. The molecule has 0 radical (unpaired) electrons. The van der Waals surface area contributed by atoms with Crippen molar-refractivity contribution in [3.63, 3.8) is 0 Å². The van der Waals surface area contributed by atoms with Crippen LogP contribution in [0.15, 0.2) is 22.7 Å². The van der Waals surface area contributed by atoms with Gasteiger partial charge in [0, 0.05) is 37.9 Å². The van der Waals surface area contributed by atoms with E-state index in [4.69, 9.17) is 9.26 Å². The molecular weight excluding hydrogens is 313 g/mol. The molecule has 4 rings (SSSR count). The van der Waals surface area contributed by atoms with Gasteiger partial charge in [0.1, 0.15) is 11.6 Å². The Labute approximate surface area is 138 Å². The summed E-state index contributed by atoms with van der Waals surface area (Å²) in [4.78, 5) is 18.9. The number of carbonyl (C=O) groups is 1. The number of rotatable bonds is 2. The van der Waals surface area contributed by atoms with Crippen LogP contribution in [0.5, 0.6) is 5.75 Å². The largest absolute Gasteiger partial charge is 0.480 e. The highest BCUT2D eigenvalue weighted by Crippen LogP contribution is 2.31. The van der Waals surface area contributed by atoms with Gasteiger partial charge in [-0.25, -0.2) is 4.39 Å². The lowest BCUT2D eigenvalue weighted by Crippen LogP contribution is -2.46. The van der Waals surface area contributed by atoms with Crippen LogP contribution in [0.3, 0.4) is 0 Å². The first-order valence-electron chi connectivity index (χ1n) is 8.14. The number of hydrogen-bond donors (Lipinski definition) is 0. The molecule has 2 aliphatic heterocycles. The zero-order chi connectivity index (χ0) is 16.7. The standard InChI is InChI=1S/C17H18FN3O3/c1-10-19-16(20-24-10)11-3-2-6-21(9-11)17(22)15-8-12-7-13(18)4-5-14(12)23-15/h4-5,7,11,15H,2-3,6,8-9H2,1H3/t11-,15-/m0/s1. The molecule has 0 bridgehead atoms. The summed E-state index contributed by atoms with van der Waals surface area (Å²) in [7, 11) is 0. The van der Waals surface area contributed by atoms with Crippen molar-refractivity contribution in [1.82, 2.24) is 15.0 Å². The Morgan fingerprint density at radius 1 is 1.42 bits per heavy atom. The molecular formula is C17H18FN3O3. The van der Waals surface area contributed by atoms with Crippen LogP contribution in [0, 0.1) is 12.7 Å². The maximum absolute atomic E-state index is 13.3. The molecule has 0 N–H and O–H groups in total. The average Bonchev–Trinajstić information content (AvgIpc) is 3.20. The Balaban J connectivity index is 1.45. The molecule has 1 saturated heterocycles. The summed E-state index contributed by atoms with van der Waals surface area (Å²) in [6.07, 6.45) is 1.65. The molecule has 1 fully saturated rings. The molecule has 0 unspecified atom stereocenters. The number of halogens is 1. The van der Waals surface area contributed by atoms with Gasteiger partial charge in [-0.15, -0.1) is 0 Å². The average molecular weight is 331 g/mol. The predicted molar refractivity (Wildman–Crippen MR) is 82.1 cm³/mol. The van der Waals surface area contributed by atoms with Gasteiger partial charge < -0.3 is 14.2 Å². The van der Waals surface area contributed by atoms with E-state index in [2.05, 4.69) is 10.1 Å². The lowest BCUT2D eigenvalue weighted by Gasteiger charge is -2.32. The summed E-state index contributed by atoms with van der Waals surface area (Å²) in [6, 6.07) is 4.37. The van der Waals surface area contributed by atoms with Gasteiger partial charge in [0.2, 0.25) is 5.89 Å². The maximum atomic E-state index is 13.3. The van der Waals surface area contributed by atoms with Crippen LogP contribution in [0.4, 0.5) is 4.39 Å². The first-order chi connectivity index (χ1) is 11.6. The molecule has 126 valence electrons. The van der Waals surface area contributed by atoms with Crippen LogP contribution in [0.25, 0.3) is 0 Å². The number of amides is 1. The molecule has 0 spiro atoms. The fourth-order valence-electron chi connectivity index (χ4n) is 3.43. The summed E-state index contributed by atoms with van der Waals surface area (Å²) in [5, 5.41) is 3.98. The van der Waals surface area contributed by atoms with Crippen molar-refractivity contribution in [1.29, 1.82) is 0 Å². The number of aromatic nitrogens is 2. The van der Waals surface area contributed by atoms with E-state index in [-0.39, 0.29) is 17.6 Å². The number of ether oxygens (including phenoxy) is 1. The molecule has 2 aliphatic rings. The minimum Gasteiger partial charge on any atom is -0.480 e. The van der Waals surface area contributed by atoms with Gasteiger partial charge in [0.05, 0.1) is 0 Å². The zero-order valence-electron chi connectivity index (χ0n) is 13.4. The highest BCUT2D eigenvalue weighted by molar-refractivity contribution is 5.82. The second-order valence-corrected chi connectivity index (χ2v) is 6.36. The van der Waals surface area contributed by atoms with Gasteiger partial charge in [0.15, 0.2) is 11.9 Å². The Morgan fingerprint density at radius 2 is 2.29 bits per heavy atom. The molecule has 2 aromatic rings. The van der Waals surface area contributed by atoms with Crippen molar-refractivity contribution in [3.05, 3.63) is 41.3 Å². The van der Waals surface area contributed by atoms with Crippen molar-refractivity contribution in [2.45, 2.75) is 38.2 Å². The lowest BCUT2D eigenvalue weighted by atomic mass is 9.96. The fraction of sp³-hybridized carbons (Fsp3) is 0.471. The van der Waals surface area contributed by atoms with E-state index >= 15 is 0 Å². The van der Waals surface area contributed by atoms with Crippen LogP contribution < -0.4 is 4.74 Å². The summed E-state index contributed by atoms with van der Waals surface area (Å²) in [6.45, 7) is 3.00. The number of fused-ring (bicyclic) bond motifs is 1. The molecule has 1 aromatic carbocycles. The van der Waals surface area contributed by atoms with Crippen LogP contribution >= 0.6 is 0 Å². The summed E-state index contributed by atoms with van der Waals surface area (Å²) >= 11 is 0. The van der Waals surface area contributed by atoms with Crippen LogP contribution in [0.2, 0.25) is 0 Å². The number of piperidine rings is 1. The molecule has 3 heterocycles. The Hall–Kier alpha value is -2.44. The Kier molecular flexibility index (Phi) is 3.70. The second kappa shape index (κ2) is 5.89. The third kappa shape index (κ3) is 2.74. The topological polar surface area (TPSA) is 68.5 Å². The van der Waals surface area contributed by atoms with Gasteiger partial charge in [-0.2, -0.15) is 4.98 Å². The van der Waals surface area contributed by atoms with E-state index in [0.29, 0.717) is 37.0 Å². The number of nitrogens with zero attached hydrogens (tertiary/aromatic N) is 3. The predicted octanol–water partition coefficient (Wildman–Crippen LogP) is 2.23. The van der Waals surface area contributed by atoms with E-state index in [1.807, 2.05) is 0 Å². The minimum atomic E-state index is -0.576. The molecule has 1 amide bonds.